The molecule has 1 amide bonds. The summed E-state index contributed by atoms with van der Waals surface area (Å²) in [5, 5.41) is 11.8. The van der Waals surface area contributed by atoms with Gasteiger partial charge in [0, 0.05) is 13.2 Å². The maximum Gasteiger partial charge on any atom is 0.260 e. The highest BCUT2D eigenvalue weighted by molar-refractivity contribution is 5.80. The van der Waals surface area contributed by atoms with E-state index >= 15 is 0 Å². The van der Waals surface area contributed by atoms with Crippen molar-refractivity contribution >= 4 is 5.91 Å². The first-order valence-electron chi connectivity index (χ1n) is 7.26. The van der Waals surface area contributed by atoms with Crippen molar-refractivity contribution in [3.05, 3.63) is 24.3 Å². The van der Waals surface area contributed by atoms with Crippen LogP contribution in [0.3, 0.4) is 0 Å². The van der Waals surface area contributed by atoms with Crippen LogP contribution in [0.2, 0.25) is 0 Å². The fourth-order valence-electron chi connectivity index (χ4n) is 1.81. The van der Waals surface area contributed by atoms with E-state index in [4.69, 9.17) is 14.6 Å². The van der Waals surface area contributed by atoms with Crippen LogP contribution in [-0.2, 0) is 4.79 Å². The number of methoxy groups -OCH3 is 1. The summed E-state index contributed by atoms with van der Waals surface area (Å²) >= 11 is 0. The summed E-state index contributed by atoms with van der Waals surface area (Å²) in [6.45, 7) is 4.48. The van der Waals surface area contributed by atoms with E-state index in [1.807, 2.05) is 6.92 Å². The molecule has 118 valence electrons. The molecule has 2 N–H and O–H groups in total. The Balaban J connectivity index is 2.30. The number of ether oxygens (including phenoxy) is 2. The van der Waals surface area contributed by atoms with Crippen LogP contribution in [0.25, 0.3) is 0 Å². The molecular weight excluding hydrogens is 270 g/mol. The first-order valence-corrected chi connectivity index (χ1v) is 7.26. The molecule has 0 radical (unpaired) electrons. The number of nitrogens with one attached hydrogen (secondary N) is 1. The van der Waals surface area contributed by atoms with Gasteiger partial charge in [-0.15, -0.1) is 0 Å². The zero-order chi connectivity index (χ0) is 15.7. The van der Waals surface area contributed by atoms with Gasteiger partial charge in [0.1, 0.15) is 11.5 Å². The standard InChI is InChI=1S/C16H25NO4/c1-12(11-18)5-4-10-17-16(19)13(2)21-15-8-6-14(20-3)7-9-15/h6-9,12-13,18H,4-5,10-11H2,1-3H3,(H,17,19). The minimum absolute atomic E-state index is 0.137. The number of aliphatic hydroxyl groups excluding tert-OH is 1. The fourth-order valence-corrected chi connectivity index (χ4v) is 1.81. The van der Waals surface area contributed by atoms with Crippen molar-refractivity contribution in [2.45, 2.75) is 32.8 Å². The minimum Gasteiger partial charge on any atom is -0.497 e. The third-order valence-corrected chi connectivity index (χ3v) is 3.23. The van der Waals surface area contributed by atoms with E-state index in [0.717, 1.165) is 18.6 Å². The number of carbonyl (C=O) groups is 1. The largest absolute Gasteiger partial charge is 0.497 e. The van der Waals surface area contributed by atoms with E-state index in [0.29, 0.717) is 12.3 Å². The van der Waals surface area contributed by atoms with Gasteiger partial charge in [0.2, 0.25) is 0 Å². The zero-order valence-corrected chi connectivity index (χ0v) is 13.0. The molecule has 0 aliphatic carbocycles. The van der Waals surface area contributed by atoms with Gasteiger partial charge in [-0.2, -0.15) is 0 Å². The number of rotatable bonds is 9. The summed E-state index contributed by atoms with van der Waals surface area (Å²) in [6, 6.07) is 7.11. The Morgan fingerprint density at radius 3 is 2.43 bits per heavy atom. The van der Waals surface area contributed by atoms with E-state index in [1.54, 1.807) is 38.3 Å². The second kappa shape index (κ2) is 9.23. The molecule has 0 aliphatic heterocycles. The Bertz CT molecular complexity index is 419. The maximum atomic E-state index is 11.9. The van der Waals surface area contributed by atoms with Crippen molar-refractivity contribution in [1.82, 2.24) is 5.32 Å². The van der Waals surface area contributed by atoms with Crippen LogP contribution in [0.4, 0.5) is 0 Å². The molecular formula is C16H25NO4. The molecule has 0 fully saturated rings. The van der Waals surface area contributed by atoms with Gasteiger partial charge in [0.25, 0.3) is 5.91 Å². The SMILES string of the molecule is COc1ccc(OC(C)C(=O)NCCCC(C)CO)cc1. The van der Waals surface area contributed by atoms with E-state index in [2.05, 4.69) is 5.32 Å². The average molecular weight is 295 g/mol. The number of hydrogen-bond acceptors (Lipinski definition) is 4. The van der Waals surface area contributed by atoms with Crippen LogP contribution >= 0.6 is 0 Å². The molecule has 0 aromatic heterocycles. The predicted octanol–water partition coefficient (Wildman–Crippen LogP) is 1.99. The molecule has 0 heterocycles. The summed E-state index contributed by atoms with van der Waals surface area (Å²) < 4.78 is 10.6. The Morgan fingerprint density at radius 2 is 1.86 bits per heavy atom. The van der Waals surface area contributed by atoms with E-state index in [-0.39, 0.29) is 18.4 Å². The minimum atomic E-state index is -0.548. The van der Waals surface area contributed by atoms with Crippen molar-refractivity contribution in [3.63, 3.8) is 0 Å². The number of benzene rings is 1. The number of aliphatic hydroxyl groups is 1. The Hall–Kier alpha value is -1.75. The lowest BCUT2D eigenvalue weighted by Gasteiger charge is -2.15. The van der Waals surface area contributed by atoms with Gasteiger partial charge >= 0.3 is 0 Å². The Morgan fingerprint density at radius 1 is 1.24 bits per heavy atom. The summed E-state index contributed by atoms with van der Waals surface area (Å²) in [4.78, 5) is 11.9. The lowest BCUT2D eigenvalue weighted by atomic mass is 10.1. The Labute approximate surface area is 126 Å². The molecule has 0 saturated heterocycles. The van der Waals surface area contributed by atoms with Crippen molar-refractivity contribution in [2.24, 2.45) is 5.92 Å². The molecule has 2 unspecified atom stereocenters. The second-order valence-electron chi connectivity index (χ2n) is 5.16. The van der Waals surface area contributed by atoms with Gasteiger partial charge in [0.05, 0.1) is 7.11 Å². The van der Waals surface area contributed by atoms with E-state index in [1.165, 1.54) is 0 Å². The van der Waals surface area contributed by atoms with Crippen molar-refractivity contribution in [3.8, 4) is 11.5 Å². The van der Waals surface area contributed by atoms with Crippen molar-refractivity contribution in [2.75, 3.05) is 20.3 Å². The normalized spacial score (nSPS) is 13.3. The summed E-state index contributed by atoms with van der Waals surface area (Å²) in [6.07, 6.45) is 1.20. The van der Waals surface area contributed by atoms with Gasteiger partial charge < -0.3 is 19.9 Å². The van der Waals surface area contributed by atoms with Gasteiger partial charge in [0.15, 0.2) is 6.10 Å². The van der Waals surface area contributed by atoms with Crippen LogP contribution in [-0.4, -0.2) is 37.4 Å². The van der Waals surface area contributed by atoms with E-state index < -0.39 is 6.10 Å². The molecule has 21 heavy (non-hydrogen) atoms. The fraction of sp³-hybridized carbons (Fsp3) is 0.562. The van der Waals surface area contributed by atoms with Crippen LogP contribution in [0.15, 0.2) is 24.3 Å². The molecule has 2 atom stereocenters. The maximum absolute atomic E-state index is 11.9. The van der Waals surface area contributed by atoms with Crippen molar-refractivity contribution in [1.29, 1.82) is 0 Å². The molecule has 1 rings (SSSR count). The lowest BCUT2D eigenvalue weighted by molar-refractivity contribution is -0.127. The topological polar surface area (TPSA) is 67.8 Å². The Kier molecular flexibility index (Phi) is 7.61. The van der Waals surface area contributed by atoms with Gasteiger partial charge in [-0.25, -0.2) is 0 Å². The number of hydrogen-bond donors (Lipinski definition) is 2. The molecule has 1 aromatic carbocycles. The molecule has 0 bridgehead atoms. The summed E-state index contributed by atoms with van der Waals surface area (Å²) in [5.74, 6) is 1.52. The first kappa shape index (κ1) is 17.3. The van der Waals surface area contributed by atoms with E-state index in [9.17, 15) is 4.79 Å². The quantitative estimate of drug-likeness (QED) is 0.684. The van der Waals surface area contributed by atoms with Gasteiger partial charge in [-0.1, -0.05) is 6.92 Å². The first-order chi connectivity index (χ1) is 10.1. The van der Waals surface area contributed by atoms with Gasteiger partial charge in [-0.3, -0.25) is 4.79 Å². The molecule has 0 spiro atoms. The van der Waals surface area contributed by atoms with Crippen LogP contribution in [0, 0.1) is 5.92 Å². The molecule has 5 nitrogen and oxygen atoms in total. The predicted molar refractivity (Wildman–Crippen MR) is 81.6 cm³/mol. The highest BCUT2D eigenvalue weighted by Crippen LogP contribution is 2.18. The molecule has 5 heteroatoms. The monoisotopic (exact) mass is 295 g/mol. The summed E-state index contributed by atoms with van der Waals surface area (Å²) in [7, 11) is 1.60. The summed E-state index contributed by atoms with van der Waals surface area (Å²) in [5.41, 5.74) is 0. The zero-order valence-electron chi connectivity index (χ0n) is 13.0. The molecule has 0 saturated carbocycles. The highest BCUT2D eigenvalue weighted by Gasteiger charge is 2.14. The van der Waals surface area contributed by atoms with Crippen molar-refractivity contribution < 1.29 is 19.4 Å². The third kappa shape index (κ3) is 6.49. The molecule has 1 aromatic rings. The lowest BCUT2D eigenvalue weighted by Crippen LogP contribution is -2.36. The number of amides is 1. The smallest absolute Gasteiger partial charge is 0.260 e. The van der Waals surface area contributed by atoms with Crippen LogP contribution < -0.4 is 14.8 Å². The number of carbonyl (C=O) groups excluding carboxylic acids is 1. The van der Waals surface area contributed by atoms with Gasteiger partial charge in [-0.05, 0) is 49.9 Å². The average Bonchev–Trinajstić information content (AvgIpc) is 2.51. The van der Waals surface area contributed by atoms with Crippen LogP contribution in [0.5, 0.6) is 11.5 Å². The third-order valence-electron chi connectivity index (χ3n) is 3.23. The second-order valence-corrected chi connectivity index (χ2v) is 5.16. The molecule has 0 aliphatic rings. The highest BCUT2D eigenvalue weighted by atomic mass is 16.5. The van der Waals surface area contributed by atoms with Crippen LogP contribution in [0.1, 0.15) is 26.7 Å².